The molecule has 2 heterocycles. The van der Waals surface area contributed by atoms with Crippen molar-refractivity contribution in [3.63, 3.8) is 0 Å². The Labute approximate surface area is 189 Å². The number of aryl methyl sites for hydroxylation is 3. The molecular formula is C20H27BrN4O2S2. The van der Waals surface area contributed by atoms with E-state index in [-0.39, 0.29) is 5.97 Å². The van der Waals surface area contributed by atoms with Gasteiger partial charge in [0.15, 0.2) is 5.11 Å². The Kier molecular flexibility index (Phi) is 7.70. The van der Waals surface area contributed by atoms with Crippen molar-refractivity contribution >= 4 is 55.6 Å². The largest absolute Gasteiger partial charge is 0.465 e. The first-order valence-corrected chi connectivity index (χ1v) is 11.9. The molecule has 0 amide bonds. The number of anilines is 1. The number of hydrogen-bond acceptors (Lipinski definition) is 5. The van der Waals surface area contributed by atoms with Crippen LogP contribution >= 0.6 is 39.5 Å². The van der Waals surface area contributed by atoms with Gasteiger partial charge in [-0.05, 0) is 79.7 Å². The van der Waals surface area contributed by atoms with Gasteiger partial charge in [0.25, 0.3) is 0 Å². The number of carbonyl (C=O) groups excluding carboxylic acids is 1. The second-order valence-electron chi connectivity index (χ2n) is 7.20. The van der Waals surface area contributed by atoms with E-state index in [4.69, 9.17) is 17.0 Å². The number of methoxy groups -OCH3 is 1. The summed E-state index contributed by atoms with van der Waals surface area (Å²) in [4.78, 5) is 13.7. The standard InChI is InChI=1S/C20H27BrN4O2S2/c1-12-17(21)13(2)25(24-12)11-7-10-22-20(28)23-18-16(19(26)27-3)14-8-5-4-6-9-15(14)29-18/h4-11H2,1-3H3,(H2,22,23,28). The van der Waals surface area contributed by atoms with Gasteiger partial charge in [-0.25, -0.2) is 4.79 Å². The van der Waals surface area contributed by atoms with Crippen LogP contribution in [-0.4, -0.2) is 34.5 Å². The third-order valence-corrected chi connectivity index (χ3v) is 7.76. The van der Waals surface area contributed by atoms with Crippen molar-refractivity contribution < 1.29 is 9.53 Å². The number of hydrogen-bond donors (Lipinski definition) is 2. The fourth-order valence-electron chi connectivity index (χ4n) is 3.62. The molecule has 0 saturated heterocycles. The summed E-state index contributed by atoms with van der Waals surface area (Å²) in [6.07, 6.45) is 6.31. The minimum atomic E-state index is -0.287. The quantitative estimate of drug-likeness (QED) is 0.259. The number of nitrogens with one attached hydrogen (secondary N) is 2. The SMILES string of the molecule is COC(=O)c1c(NC(=S)NCCCn2nc(C)c(Br)c2C)sc2c1CCCCC2. The zero-order valence-corrected chi connectivity index (χ0v) is 20.3. The summed E-state index contributed by atoms with van der Waals surface area (Å²) in [5.41, 5.74) is 3.93. The Morgan fingerprint density at radius 1 is 1.31 bits per heavy atom. The van der Waals surface area contributed by atoms with E-state index in [1.54, 1.807) is 11.3 Å². The van der Waals surface area contributed by atoms with E-state index in [0.29, 0.717) is 10.7 Å². The van der Waals surface area contributed by atoms with Crippen LogP contribution in [0, 0.1) is 13.8 Å². The predicted octanol–water partition coefficient (Wildman–Crippen LogP) is 4.76. The maximum atomic E-state index is 12.4. The Morgan fingerprint density at radius 3 is 2.76 bits per heavy atom. The Morgan fingerprint density at radius 2 is 2.07 bits per heavy atom. The minimum absolute atomic E-state index is 0.287. The van der Waals surface area contributed by atoms with Crippen LogP contribution in [0.2, 0.25) is 0 Å². The van der Waals surface area contributed by atoms with Gasteiger partial charge in [-0.15, -0.1) is 11.3 Å². The van der Waals surface area contributed by atoms with Crippen molar-refractivity contribution in [1.82, 2.24) is 15.1 Å². The van der Waals surface area contributed by atoms with E-state index in [0.717, 1.165) is 65.2 Å². The number of thiocarbonyl (C=S) groups is 1. The number of carbonyl (C=O) groups is 1. The van der Waals surface area contributed by atoms with E-state index in [1.807, 2.05) is 11.6 Å². The van der Waals surface area contributed by atoms with Crippen molar-refractivity contribution in [2.24, 2.45) is 0 Å². The molecule has 0 atom stereocenters. The van der Waals surface area contributed by atoms with Gasteiger partial charge in [0.05, 0.1) is 22.8 Å². The molecule has 0 aromatic carbocycles. The van der Waals surface area contributed by atoms with E-state index in [9.17, 15) is 4.79 Å². The van der Waals surface area contributed by atoms with Crippen LogP contribution in [0.3, 0.4) is 0 Å². The average Bonchev–Trinajstić information content (AvgIpc) is 3.04. The first-order chi connectivity index (χ1) is 13.9. The molecule has 29 heavy (non-hydrogen) atoms. The molecule has 158 valence electrons. The second-order valence-corrected chi connectivity index (χ2v) is 9.51. The second kappa shape index (κ2) is 10.0. The van der Waals surface area contributed by atoms with Crippen molar-refractivity contribution in [3.05, 3.63) is 31.9 Å². The van der Waals surface area contributed by atoms with Crippen molar-refractivity contribution in [1.29, 1.82) is 0 Å². The lowest BCUT2D eigenvalue weighted by molar-refractivity contribution is 0.0601. The third kappa shape index (κ3) is 5.19. The summed E-state index contributed by atoms with van der Waals surface area (Å²) < 4.78 is 8.11. The number of esters is 1. The van der Waals surface area contributed by atoms with E-state index in [1.165, 1.54) is 24.8 Å². The molecule has 0 radical (unpaired) electrons. The fourth-order valence-corrected chi connectivity index (χ4v) is 5.45. The summed E-state index contributed by atoms with van der Waals surface area (Å²) in [5.74, 6) is -0.287. The lowest BCUT2D eigenvalue weighted by atomic mass is 10.1. The smallest absolute Gasteiger partial charge is 0.341 e. The van der Waals surface area contributed by atoms with E-state index >= 15 is 0 Å². The lowest BCUT2D eigenvalue weighted by Gasteiger charge is -2.11. The number of halogens is 1. The molecule has 0 saturated carbocycles. The van der Waals surface area contributed by atoms with Crippen LogP contribution in [0.4, 0.5) is 5.00 Å². The minimum Gasteiger partial charge on any atom is -0.465 e. The van der Waals surface area contributed by atoms with Gasteiger partial charge < -0.3 is 15.4 Å². The molecule has 6 nitrogen and oxygen atoms in total. The van der Waals surface area contributed by atoms with Crippen LogP contribution in [0.15, 0.2) is 4.47 Å². The first kappa shape index (κ1) is 22.2. The van der Waals surface area contributed by atoms with Gasteiger partial charge in [0.2, 0.25) is 0 Å². The molecular weight excluding hydrogens is 472 g/mol. The van der Waals surface area contributed by atoms with E-state index in [2.05, 4.69) is 38.6 Å². The van der Waals surface area contributed by atoms with Crippen LogP contribution in [0.1, 0.15) is 57.9 Å². The highest BCUT2D eigenvalue weighted by molar-refractivity contribution is 9.10. The average molecular weight is 500 g/mol. The fraction of sp³-hybridized carbons (Fsp3) is 0.550. The number of aromatic nitrogens is 2. The zero-order chi connectivity index (χ0) is 21.0. The summed E-state index contributed by atoms with van der Waals surface area (Å²) in [6.45, 7) is 5.58. The molecule has 3 rings (SSSR count). The lowest BCUT2D eigenvalue weighted by Crippen LogP contribution is -2.30. The van der Waals surface area contributed by atoms with Crippen molar-refractivity contribution in [2.45, 2.75) is 58.9 Å². The first-order valence-electron chi connectivity index (χ1n) is 9.89. The number of fused-ring (bicyclic) bond motifs is 1. The summed E-state index contributed by atoms with van der Waals surface area (Å²) in [5, 5.41) is 12.3. The molecule has 0 spiro atoms. The molecule has 0 aliphatic heterocycles. The normalized spacial score (nSPS) is 13.5. The predicted molar refractivity (Wildman–Crippen MR) is 125 cm³/mol. The molecule has 9 heteroatoms. The summed E-state index contributed by atoms with van der Waals surface area (Å²) in [6, 6.07) is 0. The molecule has 1 aliphatic carbocycles. The van der Waals surface area contributed by atoms with Crippen LogP contribution in [0.5, 0.6) is 0 Å². The highest BCUT2D eigenvalue weighted by Gasteiger charge is 2.25. The molecule has 0 unspecified atom stereocenters. The summed E-state index contributed by atoms with van der Waals surface area (Å²) in [7, 11) is 1.43. The van der Waals surface area contributed by atoms with Crippen LogP contribution < -0.4 is 10.6 Å². The Hall–Kier alpha value is -1.45. The number of ether oxygens (including phenoxy) is 1. The molecule has 2 aromatic rings. The van der Waals surface area contributed by atoms with Gasteiger partial charge in [0, 0.05) is 23.7 Å². The Bertz CT molecular complexity index is 907. The maximum absolute atomic E-state index is 12.4. The molecule has 0 fully saturated rings. The van der Waals surface area contributed by atoms with Gasteiger partial charge in [-0.3, -0.25) is 4.68 Å². The Balaban J connectivity index is 1.59. The molecule has 2 aromatic heterocycles. The third-order valence-electron chi connectivity index (χ3n) is 5.16. The topological polar surface area (TPSA) is 68.2 Å². The maximum Gasteiger partial charge on any atom is 0.341 e. The van der Waals surface area contributed by atoms with Gasteiger partial charge in [-0.2, -0.15) is 5.10 Å². The van der Waals surface area contributed by atoms with Gasteiger partial charge in [-0.1, -0.05) is 6.42 Å². The zero-order valence-electron chi connectivity index (χ0n) is 17.1. The molecule has 1 aliphatic rings. The van der Waals surface area contributed by atoms with Crippen LogP contribution in [0.25, 0.3) is 0 Å². The highest BCUT2D eigenvalue weighted by atomic mass is 79.9. The van der Waals surface area contributed by atoms with Crippen LogP contribution in [-0.2, 0) is 24.1 Å². The van der Waals surface area contributed by atoms with Gasteiger partial charge >= 0.3 is 5.97 Å². The number of rotatable bonds is 6. The monoisotopic (exact) mass is 498 g/mol. The van der Waals surface area contributed by atoms with E-state index < -0.39 is 0 Å². The number of thiophene rings is 1. The summed E-state index contributed by atoms with van der Waals surface area (Å²) >= 11 is 10.7. The molecule has 0 bridgehead atoms. The number of nitrogens with zero attached hydrogens (tertiary/aromatic N) is 2. The molecule has 2 N–H and O–H groups in total. The van der Waals surface area contributed by atoms with Crippen molar-refractivity contribution in [2.75, 3.05) is 19.0 Å². The van der Waals surface area contributed by atoms with Crippen molar-refractivity contribution in [3.8, 4) is 0 Å². The van der Waals surface area contributed by atoms with Gasteiger partial charge in [0.1, 0.15) is 5.00 Å². The highest BCUT2D eigenvalue weighted by Crippen LogP contribution is 2.37.